The van der Waals surface area contributed by atoms with Gasteiger partial charge >= 0.3 is 10.4 Å². The highest BCUT2D eigenvalue weighted by atomic mass is 32.3. The molecule has 0 heterocycles. The average molecular weight is 443 g/mol. The minimum Gasteiger partial charge on any atom is -0.248 e. The fraction of sp³-hybridized carbons (Fsp3) is 1.00. The molecule has 0 saturated carbocycles. The van der Waals surface area contributed by atoms with E-state index in [1.54, 1.807) is 0 Å². The van der Waals surface area contributed by atoms with Crippen LogP contribution in [0.25, 0.3) is 0 Å². The molecule has 0 aliphatic rings. The molecule has 0 fully saturated rings. The van der Waals surface area contributed by atoms with Crippen LogP contribution < -0.4 is 0 Å². The van der Waals surface area contributed by atoms with Gasteiger partial charge in [-0.1, -0.05) is 77.0 Å². The minimum atomic E-state index is -3.81. The van der Waals surface area contributed by atoms with Crippen LogP contribution in [0.2, 0.25) is 0 Å². The van der Waals surface area contributed by atoms with Crippen molar-refractivity contribution in [3.63, 3.8) is 0 Å². The Morgan fingerprint density at radius 3 is 1.00 bits per heavy atom. The molecular formula is C20H42O4S3. The zero-order chi connectivity index (χ0) is 20.1. The summed E-state index contributed by atoms with van der Waals surface area (Å²) in [6, 6.07) is 0. The second-order valence-electron chi connectivity index (χ2n) is 7.16. The fourth-order valence-electron chi connectivity index (χ4n) is 2.91. The van der Waals surface area contributed by atoms with Crippen LogP contribution in [-0.2, 0) is 18.8 Å². The molecule has 0 aliphatic carbocycles. The average Bonchev–Trinajstić information content (AvgIpc) is 2.64. The lowest BCUT2D eigenvalue weighted by atomic mass is 10.1. The molecule has 0 spiro atoms. The summed E-state index contributed by atoms with van der Waals surface area (Å²) in [5.74, 6) is 1.95. The van der Waals surface area contributed by atoms with Gasteiger partial charge in [-0.2, -0.15) is 33.7 Å². The SMILES string of the molecule is O=S(=O)(OCCCCCCCCCCS)OCCCCCCCCCCS. The summed E-state index contributed by atoms with van der Waals surface area (Å²) in [6.07, 6.45) is 18.2. The van der Waals surface area contributed by atoms with Gasteiger partial charge in [0.25, 0.3) is 0 Å². The van der Waals surface area contributed by atoms with Gasteiger partial charge in [-0.3, -0.25) is 0 Å². The third kappa shape index (κ3) is 22.7. The zero-order valence-corrected chi connectivity index (χ0v) is 19.7. The molecular weight excluding hydrogens is 400 g/mol. The highest BCUT2D eigenvalue weighted by Gasteiger charge is 2.11. The smallest absolute Gasteiger partial charge is 0.248 e. The van der Waals surface area contributed by atoms with E-state index in [4.69, 9.17) is 8.37 Å². The Bertz CT molecular complexity index is 359. The van der Waals surface area contributed by atoms with Crippen molar-refractivity contribution >= 4 is 35.7 Å². The third-order valence-corrected chi connectivity index (χ3v) is 6.10. The van der Waals surface area contributed by atoms with E-state index in [1.165, 1.54) is 64.2 Å². The monoisotopic (exact) mass is 442 g/mol. The second kappa shape index (κ2) is 21.3. The highest BCUT2D eigenvalue weighted by Crippen LogP contribution is 2.11. The lowest BCUT2D eigenvalue weighted by Gasteiger charge is -2.06. The molecule has 0 N–H and O–H groups in total. The van der Waals surface area contributed by atoms with E-state index in [2.05, 4.69) is 25.3 Å². The quantitative estimate of drug-likeness (QED) is 0.151. The molecule has 0 aromatic carbocycles. The van der Waals surface area contributed by atoms with E-state index in [0.29, 0.717) is 0 Å². The van der Waals surface area contributed by atoms with Crippen molar-refractivity contribution in [1.29, 1.82) is 0 Å². The highest BCUT2D eigenvalue weighted by molar-refractivity contribution is 7.81. The first kappa shape index (κ1) is 27.6. The van der Waals surface area contributed by atoms with Gasteiger partial charge < -0.3 is 0 Å². The van der Waals surface area contributed by atoms with E-state index < -0.39 is 10.4 Å². The molecule has 164 valence electrons. The van der Waals surface area contributed by atoms with Crippen molar-refractivity contribution in [3.8, 4) is 0 Å². The molecule has 27 heavy (non-hydrogen) atoms. The molecule has 0 unspecified atom stereocenters. The summed E-state index contributed by atoms with van der Waals surface area (Å²) in [5, 5.41) is 0. The maximum Gasteiger partial charge on any atom is 0.399 e. The lowest BCUT2D eigenvalue weighted by Crippen LogP contribution is -2.12. The first-order valence-electron chi connectivity index (χ1n) is 10.9. The van der Waals surface area contributed by atoms with E-state index in [0.717, 1.165) is 50.0 Å². The van der Waals surface area contributed by atoms with Gasteiger partial charge in [-0.05, 0) is 37.2 Å². The maximum atomic E-state index is 11.6. The van der Waals surface area contributed by atoms with Crippen molar-refractivity contribution in [3.05, 3.63) is 0 Å². The van der Waals surface area contributed by atoms with E-state index in [9.17, 15) is 8.42 Å². The van der Waals surface area contributed by atoms with Gasteiger partial charge in [0.2, 0.25) is 0 Å². The zero-order valence-electron chi connectivity index (χ0n) is 17.1. The topological polar surface area (TPSA) is 52.6 Å². The van der Waals surface area contributed by atoms with Crippen LogP contribution in [0.15, 0.2) is 0 Å². The Kier molecular flexibility index (Phi) is 21.7. The van der Waals surface area contributed by atoms with Crippen LogP contribution in [0.5, 0.6) is 0 Å². The number of unbranched alkanes of at least 4 members (excludes halogenated alkanes) is 14. The predicted molar refractivity (Wildman–Crippen MR) is 122 cm³/mol. The molecule has 0 amide bonds. The molecule has 0 aromatic heterocycles. The van der Waals surface area contributed by atoms with Crippen molar-refractivity contribution in [2.24, 2.45) is 0 Å². The van der Waals surface area contributed by atoms with Crippen molar-refractivity contribution in [2.75, 3.05) is 24.7 Å². The Morgan fingerprint density at radius 2 is 0.704 bits per heavy atom. The van der Waals surface area contributed by atoms with Gasteiger partial charge in [0.05, 0.1) is 13.2 Å². The van der Waals surface area contributed by atoms with Crippen LogP contribution in [0, 0.1) is 0 Å². The summed E-state index contributed by atoms with van der Waals surface area (Å²) >= 11 is 8.41. The second-order valence-corrected chi connectivity index (χ2v) is 9.34. The van der Waals surface area contributed by atoms with Crippen LogP contribution in [0.3, 0.4) is 0 Å². The summed E-state index contributed by atoms with van der Waals surface area (Å²) in [5.41, 5.74) is 0. The van der Waals surface area contributed by atoms with Gasteiger partial charge in [0.15, 0.2) is 0 Å². The molecule has 7 heteroatoms. The molecule has 0 radical (unpaired) electrons. The summed E-state index contributed by atoms with van der Waals surface area (Å²) in [6.45, 7) is 0.461. The van der Waals surface area contributed by atoms with Crippen molar-refractivity contribution in [2.45, 2.75) is 103 Å². The van der Waals surface area contributed by atoms with Crippen LogP contribution in [0.1, 0.15) is 103 Å². The minimum absolute atomic E-state index is 0.230. The number of thiol groups is 2. The van der Waals surface area contributed by atoms with Gasteiger partial charge in [0, 0.05) is 0 Å². The molecule has 0 bridgehead atoms. The first-order valence-corrected chi connectivity index (χ1v) is 13.5. The third-order valence-electron chi connectivity index (χ3n) is 4.56. The molecule has 0 rings (SSSR count). The summed E-state index contributed by atoms with van der Waals surface area (Å²) in [4.78, 5) is 0. The summed E-state index contributed by atoms with van der Waals surface area (Å²) in [7, 11) is -3.81. The fourth-order valence-corrected chi connectivity index (χ4v) is 4.06. The Labute approximate surface area is 179 Å². The van der Waals surface area contributed by atoms with E-state index in [-0.39, 0.29) is 13.2 Å². The van der Waals surface area contributed by atoms with Crippen molar-refractivity contribution < 1.29 is 16.8 Å². The molecule has 4 nitrogen and oxygen atoms in total. The Hall–Kier alpha value is 0.570. The number of hydrogen-bond donors (Lipinski definition) is 2. The lowest BCUT2D eigenvalue weighted by molar-refractivity contribution is 0.208. The number of hydrogen-bond acceptors (Lipinski definition) is 6. The standard InChI is InChI=1S/C20H42O4S3/c21-27(22,23-17-13-9-5-1-3-7-11-15-19-25)24-18-14-10-6-2-4-8-12-16-20-26/h25-26H,1-20H2. The maximum absolute atomic E-state index is 11.6. The largest absolute Gasteiger partial charge is 0.399 e. The first-order chi connectivity index (χ1) is 13.1. The van der Waals surface area contributed by atoms with E-state index >= 15 is 0 Å². The van der Waals surface area contributed by atoms with Gasteiger partial charge in [-0.25, -0.2) is 8.37 Å². The molecule has 0 saturated heterocycles. The molecule has 0 aliphatic heterocycles. The molecule has 0 atom stereocenters. The van der Waals surface area contributed by atoms with E-state index in [1.807, 2.05) is 0 Å². The normalized spacial score (nSPS) is 11.9. The van der Waals surface area contributed by atoms with Crippen LogP contribution in [-0.4, -0.2) is 33.1 Å². The van der Waals surface area contributed by atoms with Crippen molar-refractivity contribution in [1.82, 2.24) is 0 Å². The van der Waals surface area contributed by atoms with Gasteiger partial charge in [-0.15, -0.1) is 0 Å². The predicted octanol–water partition coefficient (Wildman–Crippen LogP) is 6.37. The molecule has 0 aromatic rings. The Morgan fingerprint density at radius 1 is 0.444 bits per heavy atom. The van der Waals surface area contributed by atoms with Crippen LogP contribution >= 0.6 is 25.3 Å². The Balaban J connectivity index is 3.34. The van der Waals surface area contributed by atoms with Gasteiger partial charge in [0.1, 0.15) is 0 Å². The van der Waals surface area contributed by atoms with Crippen LogP contribution in [0.4, 0.5) is 0 Å². The number of rotatable bonds is 22. The summed E-state index contributed by atoms with van der Waals surface area (Å²) < 4.78 is 33.1.